The zero-order valence-corrected chi connectivity index (χ0v) is 16.4. The second-order valence-electron chi connectivity index (χ2n) is 6.57. The molecule has 1 aliphatic carbocycles. The smallest absolute Gasteiger partial charge is 0.421 e. The molecule has 1 heterocycles. The summed E-state index contributed by atoms with van der Waals surface area (Å²) in [5, 5.41) is 49.0. The lowest BCUT2D eigenvalue weighted by Gasteiger charge is -2.41. The van der Waals surface area contributed by atoms with E-state index in [1.165, 1.54) is 12.1 Å². The summed E-state index contributed by atoms with van der Waals surface area (Å²) in [6.45, 7) is 1.58. The quantitative estimate of drug-likeness (QED) is 0.258. The zero-order chi connectivity index (χ0) is 21.7. The SMILES string of the molecule is Cc1c(Cl)c(=O)oc2cc(OP(=O)(O)O[C@@H]3[C@@H](O)[C@H](O)[C@@H](O)[C@H](O)[C@@H]3O)ccc12. The number of aryl methyl sites for hydroxylation is 1. The fourth-order valence-electron chi connectivity index (χ4n) is 3.00. The lowest BCUT2D eigenvalue weighted by Crippen LogP contribution is -2.64. The van der Waals surface area contributed by atoms with Crippen LogP contribution in [-0.4, -0.2) is 67.0 Å². The minimum absolute atomic E-state index is 0.0149. The van der Waals surface area contributed by atoms with Gasteiger partial charge in [-0.1, -0.05) is 11.6 Å². The molecule has 1 fully saturated rings. The summed E-state index contributed by atoms with van der Waals surface area (Å²) < 4.78 is 26.9. The highest BCUT2D eigenvalue weighted by Gasteiger charge is 2.51. The molecule has 6 N–H and O–H groups in total. The van der Waals surface area contributed by atoms with Gasteiger partial charge in [0.2, 0.25) is 0 Å². The van der Waals surface area contributed by atoms with Crippen molar-refractivity contribution in [3.8, 4) is 5.75 Å². The minimum atomic E-state index is -5.01. The lowest BCUT2D eigenvalue weighted by atomic mass is 9.85. The van der Waals surface area contributed by atoms with Crippen LogP contribution in [0.1, 0.15) is 5.56 Å². The number of aliphatic hydroxyl groups is 5. The molecule has 1 aromatic heterocycles. The van der Waals surface area contributed by atoms with E-state index >= 15 is 0 Å². The number of phosphoric acid groups is 1. The van der Waals surface area contributed by atoms with Crippen LogP contribution in [0.3, 0.4) is 0 Å². The van der Waals surface area contributed by atoms with Crippen molar-refractivity contribution in [3.05, 3.63) is 39.2 Å². The van der Waals surface area contributed by atoms with Crippen LogP contribution in [-0.2, 0) is 9.09 Å². The Morgan fingerprint density at radius 3 is 2.17 bits per heavy atom. The average molecular weight is 453 g/mol. The molecule has 0 bridgehead atoms. The number of hydrogen-bond donors (Lipinski definition) is 6. The van der Waals surface area contributed by atoms with E-state index in [2.05, 4.69) is 0 Å². The highest BCUT2D eigenvalue weighted by molar-refractivity contribution is 7.47. The van der Waals surface area contributed by atoms with E-state index in [9.17, 15) is 39.8 Å². The van der Waals surface area contributed by atoms with E-state index in [0.29, 0.717) is 10.9 Å². The third-order valence-corrected chi connectivity index (χ3v) is 6.01. The molecular formula is C16H18ClO11P. The van der Waals surface area contributed by atoms with Gasteiger partial charge in [0.15, 0.2) is 0 Å². The summed E-state index contributed by atoms with van der Waals surface area (Å²) in [6, 6.07) is 3.82. The van der Waals surface area contributed by atoms with Crippen LogP contribution >= 0.6 is 19.4 Å². The van der Waals surface area contributed by atoms with Crippen molar-refractivity contribution < 1.29 is 48.5 Å². The Morgan fingerprint density at radius 1 is 1.03 bits per heavy atom. The summed E-state index contributed by atoms with van der Waals surface area (Å²) in [5.74, 6) is -0.255. The molecule has 2 aromatic rings. The molecule has 1 aliphatic rings. The molecule has 0 aliphatic heterocycles. The summed E-state index contributed by atoms with van der Waals surface area (Å²) >= 11 is 5.82. The molecule has 0 amide bonds. The van der Waals surface area contributed by atoms with Gasteiger partial charge in [0.1, 0.15) is 53.0 Å². The van der Waals surface area contributed by atoms with Gasteiger partial charge in [-0.05, 0) is 24.6 Å². The number of fused-ring (bicyclic) bond motifs is 1. The van der Waals surface area contributed by atoms with Gasteiger partial charge in [0.25, 0.3) is 0 Å². The third-order valence-electron chi connectivity index (χ3n) is 4.62. The summed E-state index contributed by atoms with van der Waals surface area (Å²) in [4.78, 5) is 21.7. The van der Waals surface area contributed by atoms with Crippen molar-refractivity contribution in [2.75, 3.05) is 0 Å². The maximum atomic E-state index is 12.3. The fourth-order valence-corrected chi connectivity index (χ4v) is 4.12. The Labute approximate surface area is 167 Å². The van der Waals surface area contributed by atoms with Gasteiger partial charge in [-0.2, -0.15) is 0 Å². The molecule has 1 aromatic carbocycles. The topological polar surface area (TPSA) is 187 Å². The monoisotopic (exact) mass is 452 g/mol. The van der Waals surface area contributed by atoms with Gasteiger partial charge in [-0.15, -0.1) is 0 Å². The van der Waals surface area contributed by atoms with E-state index in [0.717, 1.165) is 6.07 Å². The van der Waals surface area contributed by atoms with E-state index < -0.39 is 50.1 Å². The molecule has 3 rings (SSSR count). The number of benzene rings is 1. The Balaban J connectivity index is 1.85. The second kappa shape index (κ2) is 7.95. The minimum Gasteiger partial charge on any atom is -0.421 e. The van der Waals surface area contributed by atoms with Gasteiger partial charge in [-0.25, -0.2) is 9.36 Å². The first-order chi connectivity index (χ1) is 13.4. The molecule has 13 heteroatoms. The van der Waals surface area contributed by atoms with Crippen LogP contribution in [0, 0.1) is 6.92 Å². The standard InChI is InChI=1S/C16H18ClO11P/c1-5-7-3-2-6(4-8(7)26-16(23)9(5)17)27-29(24,25)28-15-13(21)11(19)10(18)12(20)14(15)22/h2-4,10-15,18-22H,1H3,(H,24,25)/t10-,11-,12+,13-,14-,15-/m0/s1. The van der Waals surface area contributed by atoms with Crippen molar-refractivity contribution in [3.63, 3.8) is 0 Å². The molecule has 11 nitrogen and oxygen atoms in total. The first-order valence-electron chi connectivity index (χ1n) is 8.27. The summed E-state index contributed by atoms with van der Waals surface area (Å²) in [6.07, 6.45) is -11.7. The Bertz CT molecular complexity index is 1010. The fraction of sp³-hybridized carbons (Fsp3) is 0.438. The van der Waals surface area contributed by atoms with Crippen molar-refractivity contribution in [2.45, 2.75) is 43.5 Å². The third kappa shape index (κ3) is 4.19. The predicted octanol–water partition coefficient (Wildman–Crippen LogP) is -0.563. The number of phosphoric ester groups is 1. The number of aliphatic hydroxyl groups excluding tert-OH is 5. The summed E-state index contributed by atoms with van der Waals surface area (Å²) in [7, 11) is -5.01. The Kier molecular flexibility index (Phi) is 6.08. The predicted molar refractivity (Wildman–Crippen MR) is 97.6 cm³/mol. The van der Waals surface area contributed by atoms with Crippen LogP contribution < -0.4 is 10.1 Å². The van der Waals surface area contributed by atoms with E-state index in [1.807, 2.05) is 0 Å². The van der Waals surface area contributed by atoms with Gasteiger partial charge >= 0.3 is 13.4 Å². The Morgan fingerprint density at radius 2 is 1.59 bits per heavy atom. The molecule has 29 heavy (non-hydrogen) atoms. The number of rotatable bonds is 4. The molecule has 160 valence electrons. The normalized spacial score (nSPS) is 32.1. The van der Waals surface area contributed by atoms with E-state index in [4.69, 9.17) is 25.1 Å². The highest BCUT2D eigenvalue weighted by Crippen LogP contribution is 2.47. The first kappa shape index (κ1) is 22.2. The average Bonchev–Trinajstić information content (AvgIpc) is 2.66. The van der Waals surface area contributed by atoms with Crippen LogP contribution in [0.5, 0.6) is 5.75 Å². The van der Waals surface area contributed by atoms with Crippen molar-refractivity contribution in [2.24, 2.45) is 0 Å². The first-order valence-corrected chi connectivity index (χ1v) is 10.1. The van der Waals surface area contributed by atoms with Crippen LogP contribution in [0.4, 0.5) is 0 Å². The van der Waals surface area contributed by atoms with Crippen LogP contribution in [0.25, 0.3) is 11.0 Å². The molecular weight excluding hydrogens is 435 g/mol. The van der Waals surface area contributed by atoms with Crippen molar-refractivity contribution >= 4 is 30.4 Å². The Hall–Kier alpha value is -1.53. The van der Waals surface area contributed by atoms with Crippen LogP contribution in [0.15, 0.2) is 27.4 Å². The molecule has 0 radical (unpaired) electrons. The van der Waals surface area contributed by atoms with Gasteiger partial charge < -0.3 is 34.5 Å². The van der Waals surface area contributed by atoms with Crippen LogP contribution in [0.2, 0.25) is 5.02 Å². The number of halogens is 1. The van der Waals surface area contributed by atoms with Gasteiger partial charge in [0, 0.05) is 11.5 Å². The highest BCUT2D eigenvalue weighted by atomic mass is 35.5. The van der Waals surface area contributed by atoms with Gasteiger partial charge in [0.05, 0.1) is 0 Å². The van der Waals surface area contributed by atoms with Crippen molar-refractivity contribution in [1.82, 2.24) is 0 Å². The van der Waals surface area contributed by atoms with Gasteiger partial charge in [-0.3, -0.25) is 9.42 Å². The second-order valence-corrected chi connectivity index (χ2v) is 8.28. The molecule has 0 saturated heterocycles. The molecule has 1 saturated carbocycles. The lowest BCUT2D eigenvalue weighted by molar-refractivity contribution is -0.219. The van der Waals surface area contributed by atoms with E-state index in [1.54, 1.807) is 6.92 Å². The zero-order valence-electron chi connectivity index (χ0n) is 14.7. The maximum Gasteiger partial charge on any atom is 0.527 e. The largest absolute Gasteiger partial charge is 0.527 e. The van der Waals surface area contributed by atoms with Crippen molar-refractivity contribution in [1.29, 1.82) is 0 Å². The summed E-state index contributed by atoms with van der Waals surface area (Å²) in [5.41, 5.74) is -0.365. The molecule has 1 unspecified atom stereocenters. The number of hydrogen-bond acceptors (Lipinski definition) is 10. The molecule has 0 spiro atoms. The maximum absolute atomic E-state index is 12.3. The molecule has 7 atom stereocenters. The van der Waals surface area contributed by atoms with E-state index in [-0.39, 0.29) is 16.4 Å².